The maximum Gasteiger partial charge on any atom is 0.219 e. The monoisotopic (exact) mass is 382 g/mol. The fourth-order valence-electron chi connectivity index (χ4n) is 3.64. The smallest absolute Gasteiger partial charge is 0.219 e. The van der Waals surface area contributed by atoms with Crippen LogP contribution in [-0.4, -0.2) is 112 Å². The van der Waals surface area contributed by atoms with Crippen LogP contribution in [0.15, 0.2) is 4.99 Å². The van der Waals surface area contributed by atoms with Crippen LogP contribution in [0.3, 0.4) is 0 Å². The van der Waals surface area contributed by atoms with Crippen molar-refractivity contribution in [1.29, 1.82) is 0 Å². The predicted molar refractivity (Wildman–Crippen MR) is 109 cm³/mol. The van der Waals surface area contributed by atoms with Crippen LogP contribution in [0.1, 0.15) is 20.8 Å². The SMILES string of the molecule is CN=C(NCCN1CCN(C(C)=O)CC1)NCC1CN(CC(C)C)CCO1. The van der Waals surface area contributed by atoms with Crippen LogP contribution in [0.25, 0.3) is 0 Å². The van der Waals surface area contributed by atoms with Gasteiger partial charge in [-0.2, -0.15) is 0 Å². The molecule has 8 heteroatoms. The summed E-state index contributed by atoms with van der Waals surface area (Å²) in [5, 5.41) is 6.77. The van der Waals surface area contributed by atoms with Crippen LogP contribution in [-0.2, 0) is 9.53 Å². The van der Waals surface area contributed by atoms with Crippen LogP contribution < -0.4 is 10.6 Å². The highest BCUT2D eigenvalue weighted by Gasteiger charge is 2.21. The molecule has 2 fully saturated rings. The number of morpholine rings is 1. The van der Waals surface area contributed by atoms with E-state index in [9.17, 15) is 4.79 Å². The van der Waals surface area contributed by atoms with Crippen molar-refractivity contribution < 1.29 is 9.53 Å². The number of carbonyl (C=O) groups is 1. The van der Waals surface area contributed by atoms with Gasteiger partial charge in [-0.3, -0.25) is 19.6 Å². The number of ether oxygens (including phenoxy) is 1. The van der Waals surface area contributed by atoms with Crippen molar-refractivity contribution in [2.75, 3.05) is 79.1 Å². The van der Waals surface area contributed by atoms with Gasteiger partial charge in [0.1, 0.15) is 0 Å². The summed E-state index contributed by atoms with van der Waals surface area (Å²) < 4.78 is 5.89. The van der Waals surface area contributed by atoms with E-state index >= 15 is 0 Å². The van der Waals surface area contributed by atoms with E-state index in [0.717, 1.165) is 78.0 Å². The zero-order chi connectivity index (χ0) is 19.6. The third kappa shape index (κ3) is 8.02. The lowest BCUT2D eigenvalue weighted by Crippen LogP contribution is -2.52. The molecule has 2 aliphatic heterocycles. The second-order valence-electron chi connectivity index (χ2n) is 7.87. The Hall–Kier alpha value is -1.38. The maximum absolute atomic E-state index is 11.4. The molecule has 2 N–H and O–H groups in total. The fourth-order valence-corrected chi connectivity index (χ4v) is 3.64. The topological polar surface area (TPSA) is 72.4 Å². The molecule has 0 bridgehead atoms. The van der Waals surface area contributed by atoms with Gasteiger partial charge < -0.3 is 20.3 Å². The van der Waals surface area contributed by atoms with Gasteiger partial charge in [0.05, 0.1) is 12.7 Å². The number of amides is 1. The van der Waals surface area contributed by atoms with Crippen molar-refractivity contribution in [2.45, 2.75) is 26.9 Å². The molecule has 1 atom stereocenters. The molecule has 0 aromatic heterocycles. The number of piperazine rings is 1. The van der Waals surface area contributed by atoms with E-state index in [1.165, 1.54) is 0 Å². The molecule has 27 heavy (non-hydrogen) atoms. The molecule has 0 aromatic rings. The molecule has 1 amide bonds. The molecule has 0 aliphatic carbocycles. The minimum absolute atomic E-state index is 0.175. The number of nitrogens with zero attached hydrogens (tertiary/aromatic N) is 4. The second-order valence-corrected chi connectivity index (χ2v) is 7.87. The van der Waals surface area contributed by atoms with E-state index in [1.54, 1.807) is 14.0 Å². The van der Waals surface area contributed by atoms with Gasteiger partial charge >= 0.3 is 0 Å². The van der Waals surface area contributed by atoms with E-state index in [0.29, 0.717) is 5.92 Å². The van der Waals surface area contributed by atoms with Crippen LogP contribution >= 0.6 is 0 Å². The molecule has 8 nitrogen and oxygen atoms in total. The highest BCUT2D eigenvalue weighted by Crippen LogP contribution is 2.07. The molecule has 0 radical (unpaired) electrons. The summed E-state index contributed by atoms with van der Waals surface area (Å²) in [4.78, 5) is 22.5. The lowest BCUT2D eigenvalue weighted by atomic mass is 10.2. The van der Waals surface area contributed by atoms with Gasteiger partial charge in [0.2, 0.25) is 5.91 Å². The van der Waals surface area contributed by atoms with E-state index in [2.05, 4.69) is 39.3 Å². The van der Waals surface area contributed by atoms with Crippen molar-refractivity contribution in [2.24, 2.45) is 10.9 Å². The van der Waals surface area contributed by atoms with Gasteiger partial charge in [0.25, 0.3) is 0 Å². The van der Waals surface area contributed by atoms with Gasteiger partial charge in [0.15, 0.2) is 5.96 Å². The van der Waals surface area contributed by atoms with Crippen LogP contribution in [0.4, 0.5) is 0 Å². The third-order valence-electron chi connectivity index (χ3n) is 5.11. The lowest BCUT2D eigenvalue weighted by molar-refractivity contribution is -0.130. The molecular formula is C19H38N6O2. The molecule has 1 unspecified atom stereocenters. The van der Waals surface area contributed by atoms with Crippen LogP contribution in [0, 0.1) is 5.92 Å². The summed E-state index contributed by atoms with van der Waals surface area (Å²) in [5.74, 6) is 1.68. The van der Waals surface area contributed by atoms with Gasteiger partial charge in [-0.1, -0.05) is 13.8 Å². The molecule has 2 rings (SSSR count). The van der Waals surface area contributed by atoms with Crippen molar-refractivity contribution >= 4 is 11.9 Å². The summed E-state index contributed by atoms with van der Waals surface area (Å²) in [6.45, 7) is 16.2. The molecule has 2 saturated heterocycles. The first-order chi connectivity index (χ1) is 13.0. The fraction of sp³-hybridized carbons (Fsp3) is 0.895. The summed E-state index contributed by atoms with van der Waals surface area (Å²) in [6.07, 6.45) is 0.204. The number of aliphatic imine (C=N–C) groups is 1. The Kier molecular flexibility index (Phi) is 9.30. The molecule has 2 heterocycles. The first-order valence-electron chi connectivity index (χ1n) is 10.2. The number of guanidine groups is 1. The Morgan fingerprint density at radius 3 is 2.52 bits per heavy atom. The molecule has 0 saturated carbocycles. The van der Waals surface area contributed by atoms with Gasteiger partial charge in [-0.25, -0.2) is 0 Å². The Labute approximate surface area is 164 Å². The maximum atomic E-state index is 11.4. The Morgan fingerprint density at radius 2 is 1.89 bits per heavy atom. The van der Waals surface area contributed by atoms with E-state index in [4.69, 9.17) is 4.74 Å². The second kappa shape index (κ2) is 11.5. The quantitative estimate of drug-likeness (QED) is 0.464. The first-order valence-corrected chi connectivity index (χ1v) is 10.2. The normalized spacial score (nSPS) is 22.9. The van der Waals surface area contributed by atoms with Crippen LogP contribution in [0.2, 0.25) is 0 Å². The zero-order valence-electron chi connectivity index (χ0n) is 17.5. The number of hydrogen-bond acceptors (Lipinski definition) is 5. The highest BCUT2D eigenvalue weighted by molar-refractivity contribution is 5.79. The molecule has 0 aromatic carbocycles. The molecule has 2 aliphatic rings. The lowest BCUT2D eigenvalue weighted by Gasteiger charge is -2.34. The number of carbonyl (C=O) groups excluding carboxylic acids is 1. The molecule has 156 valence electrons. The minimum Gasteiger partial charge on any atom is -0.374 e. The zero-order valence-corrected chi connectivity index (χ0v) is 17.5. The average molecular weight is 383 g/mol. The summed E-state index contributed by atoms with van der Waals surface area (Å²) in [7, 11) is 1.80. The van der Waals surface area contributed by atoms with E-state index in [1.807, 2.05) is 4.90 Å². The minimum atomic E-state index is 0.175. The number of rotatable bonds is 7. The standard InChI is InChI=1S/C19H38N6O2/c1-16(2)14-24-11-12-27-18(15-24)13-22-19(20-4)21-5-6-23-7-9-25(10-8-23)17(3)26/h16,18H,5-15H2,1-4H3,(H2,20,21,22). The van der Waals surface area contributed by atoms with Crippen molar-refractivity contribution in [3.63, 3.8) is 0 Å². The van der Waals surface area contributed by atoms with E-state index < -0.39 is 0 Å². The molecular weight excluding hydrogens is 344 g/mol. The predicted octanol–water partition coefficient (Wildman–Crippen LogP) is -0.328. The summed E-state index contributed by atoms with van der Waals surface area (Å²) in [6, 6.07) is 0. The summed E-state index contributed by atoms with van der Waals surface area (Å²) in [5.41, 5.74) is 0. The van der Waals surface area contributed by atoms with Gasteiger partial charge in [-0.15, -0.1) is 0 Å². The highest BCUT2D eigenvalue weighted by atomic mass is 16.5. The Morgan fingerprint density at radius 1 is 1.15 bits per heavy atom. The largest absolute Gasteiger partial charge is 0.374 e. The Balaban J connectivity index is 1.61. The van der Waals surface area contributed by atoms with Crippen LogP contribution in [0.5, 0.6) is 0 Å². The van der Waals surface area contributed by atoms with Gasteiger partial charge in [0, 0.05) is 79.4 Å². The third-order valence-corrected chi connectivity index (χ3v) is 5.11. The van der Waals surface area contributed by atoms with Gasteiger partial charge in [-0.05, 0) is 5.92 Å². The summed E-state index contributed by atoms with van der Waals surface area (Å²) >= 11 is 0. The van der Waals surface area contributed by atoms with Crippen molar-refractivity contribution in [1.82, 2.24) is 25.3 Å². The van der Waals surface area contributed by atoms with E-state index in [-0.39, 0.29) is 12.0 Å². The number of nitrogens with one attached hydrogen (secondary N) is 2. The molecule has 0 spiro atoms. The van der Waals surface area contributed by atoms with Crippen molar-refractivity contribution in [3.05, 3.63) is 0 Å². The number of hydrogen-bond donors (Lipinski definition) is 2. The Bertz CT molecular complexity index is 477. The van der Waals surface area contributed by atoms with Crippen molar-refractivity contribution in [3.8, 4) is 0 Å². The first kappa shape index (κ1) is 21.9. The average Bonchev–Trinajstić information content (AvgIpc) is 2.64.